The lowest BCUT2D eigenvalue weighted by Gasteiger charge is -1.92. The first-order valence-electron chi connectivity index (χ1n) is 2.37. The molecule has 0 radical (unpaired) electrons. The Morgan fingerprint density at radius 3 is 2.22 bits per heavy atom. The number of rotatable bonds is 1. The van der Waals surface area contributed by atoms with E-state index in [1.54, 1.807) is 0 Å². The highest BCUT2D eigenvalue weighted by molar-refractivity contribution is 9.06. The van der Waals surface area contributed by atoms with Gasteiger partial charge in [0.2, 0.25) is 0 Å². The van der Waals surface area contributed by atoms with Crippen LogP contribution in [-0.2, 0) is 0 Å². The summed E-state index contributed by atoms with van der Waals surface area (Å²) in [7, 11) is 0. The second kappa shape index (κ2) is 2.82. The average molecular weight is 191 g/mol. The summed E-state index contributed by atoms with van der Waals surface area (Å²) in [5, 5.41) is 0. The summed E-state index contributed by atoms with van der Waals surface area (Å²) in [6.45, 7) is 0. The number of benzene rings is 1. The highest BCUT2D eigenvalue weighted by Gasteiger charge is 1.89. The van der Waals surface area contributed by atoms with Gasteiger partial charge in [0.25, 0.3) is 0 Å². The molecule has 1 nitrogen and oxygen atoms in total. The third-order valence-electron chi connectivity index (χ3n) is 0.903. The minimum atomic E-state index is -0.261. The van der Waals surface area contributed by atoms with Crippen LogP contribution >= 0.6 is 16.3 Å². The van der Waals surface area contributed by atoms with E-state index in [1.165, 1.54) is 24.3 Å². The van der Waals surface area contributed by atoms with Crippen LogP contribution in [0, 0.1) is 5.82 Å². The van der Waals surface area contributed by atoms with Crippen LogP contribution in [0.3, 0.4) is 0 Å². The first kappa shape index (κ1) is 6.55. The van der Waals surface area contributed by atoms with Crippen molar-refractivity contribution in [3.8, 4) is 5.75 Å². The molecule has 9 heavy (non-hydrogen) atoms. The monoisotopic (exact) mass is 190 g/mol. The van der Waals surface area contributed by atoms with Crippen LogP contribution in [0.5, 0.6) is 5.75 Å². The maximum absolute atomic E-state index is 12.2. The zero-order valence-corrected chi connectivity index (χ0v) is 6.06. The predicted octanol–water partition coefficient (Wildman–Crippen LogP) is 2.51. The van der Waals surface area contributed by atoms with Crippen LogP contribution < -0.4 is 3.83 Å². The molecule has 0 amide bonds. The zero-order valence-electron chi connectivity index (χ0n) is 4.47. The van der Waals surface area contributed by atoms with Crippen LogP contribution in [0.2, 0.25) is 0 Å². The molecule has 0 N–H and O–H groups in total. The lowest BCUT2D eigenvalue weighted by molar-refractivity contribution is 0.619. The molecule has 0 saturated carbocycles. The molecule has 48 valence electrons. The van der Waals surface area contributed by atoms with Crippen molar-refractivity contribution in [3.63, 3.8) is 0 Å². The maximum Gasteiger partial charge on any atom is 0.179 e. The van der Waals surface area contributed by atoms with Crippen molar-refractivity contribution in [2.24, 2.45) is 0 Å². The van der Waals surface area contributed by atoms with E-state index in [1.807, 2.05) is 0 Å². The Morgan fingerprint density at radius 2 is 1.78 bits per heavy atom. The quantitative estimate of drug-likeness (QED) is 0.662. The molecule has 0 bridgehead atoms. The van der Waals surface area contributed by atoms with Gasteiger partial charge in [-0.25, -0.2) is 4.39 Å². The summed E-state index contributed by atoms with van der Waals surface area (Å²) < 4.78 is 16.8. The van der Waals surface area contributed by atoms with Gasteiger partial charge < -0.3 is 3.83 Å². The second-order valence-electron chi connectivity index (χ2n) is 1.53. The van der Waals surface area contributed by atoms with Gasteiger partial charge >= 0.3 is 0 Å². The molecule has 0 atom stereocenters. The van der Waals surface area contributed by atoms with Gasteiger partial charge in [-0.15, -0.1) is 0 Å². The largest absolute Gasteiger partial charge is 0.418 e. The van der Waals surface area contributed by atoms with E-state index in [2.05, 4.69) is 20.1 Å². The van der Waals surface area contributed by atoms with Gasteiger partial charge in [0.05, 0.1) is 0 Å². The molecule has 1 aromatic carbocycles. The Morgan fingerprint density at radius 1 is 1.22 bits per heavy atom. The SMILES string of the molecule is Fc1ccc(OBr)cc1. The molecule has 0 aliphatic rings. The summed E-state index contributed by atoms with van der Waals surface area (Å²) in [5.74, 6) is 0.333. The molecular formula is C6H4BrFO. The van der Waals surface area contributed by atoms with Crippen LogP contribution in [0.25, 0.3) is 0 Å². The average Bonchev–Trinajstić information content (AvgIpc) is 1.90. The molecule has 0 aliphatic carbocycles. The zero-order chi connectivity index (χ0) is 6.69. The second-order valence-corrected chi connectivity index (χ2v) is 1.85. The van der Waals surface area contributed by atoms with E-state index in [9.17, 15) is 4.39 Å². The van der Waals surface area contributed by atoms with Gasteiger partial charge in [0, 0.05) is 0 Å². The van der Waals surface area contributed by atoms with Gasteiger partial charge in [-0.1, -0.05) is 0 Å². The summed E-state index contributed by atoms with van der Waals surface area (Å²) >= 11 is 2.76. The lowest BCUT2D eigenvalue weighted by atomic mass is 10.3. The fraction of sp³-hybridized carbons (Fsp3) is 0. The summed E-state index contributed by atoms with van der Waals surface area (Å²) in [6.07, 6.45) is 0. The minimum absolute atomic E-state index is 0.261. The third-order valence-corrected chi connectivity index (χ3v) is 1.28. The highest BCUT2D eigenvalue weighted by Crippen LogP contribution is 2.12. The Bertz CT molecular complexity index is 185. The molecule has 1 aromatic rings. The van der Waals surface area contributed by atoms with Crippen molar-refractivity contribution in [1.29, 1.82) is 0 Å². The topological polar surface area (TPSA) is 9.23 Å². The van der Waals surface area contributed by atoms with E-state index in [0.29, 0.717) is 5.75 Å². The van der Waals surface area contributed by atoms with Gasteiger partial charge in [-0.2, -0.15) is 0 Å². The predicted molar refractivity (Wildman–Crippen MR) is 36.0 cm³/mol. The van der Waals surface area contributed by atoms with Gasteiger partial charge in [-0.3, -0.25) is 0 Å². The summed E-state index contributed by atoms with van der Waals surface area (Å²) in [5.41, 5.74) is 0. The lowest BCUT2D eigenvalue weighted by Crippen LogP contribution is -1.74. The molecule has 0 aliphatic heterocycles. The standard InChI is InChI=1S/C6H4BrFO/c7-9-6-3-1-5(8)2-4-6/h1-4H. The van der Waals surface area contributed by atoms with Gasteiger partial charge in [-0.05, 0) is 24.3 Å². The minimum Gasteiger partial charge on any atom is -0.418 e. The molecule has 0 aromatic heterocycles. The van der Waals surface area contributed by atoms with Gasteiger partial charge in [0.15, 0.2) is 16.3 Å². The Balaban J connectivity index is 2.88. The van der Waals surface area contributed by atoms with Crippen LogP contribution in [0.15, 0.2) is 24.3 Å². The molecular weight excluding hydrogens is 187 g/mol. The van der Waals surface area contributed by atoms with E-state index >= 15 is 0 Å². The van der Waals surface area contributed by atoms with Crippen molar-refractivity contribution in [2.75, 3.05) is 0 Å². The van der Waals surface area contributed by atoms with E-state index in [-0.39, 0.29) is 5.82 Å². The van der Waals surface area contributed by atoms with Crippen molar-refractivity contribution in [1.82, 2.24) is 0 Å². The van der Waals surface area contributed by atoms with Crippen LogP contribution in [0.4, 0.5) is 4.39 Å². The first-order valence-corrected chi connectivity index (χ1v) is 3.02. The van der Waals surface area contributed by atoms with Crippen molar-refractivity contribution < 1.29 is 8.22 Å². The highest BCUT2D eigenvalue weighted by atomic mass is 79.9. The fourth-order valence-corrected chi connectivity index (χ4v) is 0.702. The molecule has 3 heteroatoms. The maximum atomic E-state index is 12.2. The Labute approximate surface area is 60.9 Å². The third kappa shape index (κ3) is 1.68. The molecule has 0 unspecified atom stereocenters. The fourth-order valence-electron chi connectivity index (χ4n) is 0.486. The van der Waals surface area contributed by atoms with Crippen molar-refractivity contribution in [3.05, 3.63) is 30.1 Å². The molecule has 1 rings (SSSR count). The molecule has 0 fully saturated rings. The summed E-state index contributed by atoms with van der Waals surface area (Å²) in [4.78, 5) is 0. The van der Waals surface area contributed by atoms with Crippen LogP contribution in [0.1, 0.15) is 0 Å². The van der Waals surface area contributed by atoms with Crippen molar-refractivity contribution >= 4 is 16.3 Å². The summed E-state index contributed by atoms with van der Waals surface area (Å²) in [6, 6.07) is 5.72. The number of halogens is 2. The molecule has 0 heterocycles. The first-order chi connectivity index (χ1) is 4.33. The number of hydrogen-bond acceptors (Lipinski definition) is 1. The van der Waals surface area contributed by atoms with Crippen LogP contribution in [-0.4, -0.2) is 0 Å². The Kier molecular flexibility index (Phi) is 2.05. The van der Waals surface area contributed by atoms with E-state index < -0.39 is 0 Å². The van der Waals surface area contributed by atoms with Gasteiger partial charge in [0.1, 0.15) is 11.6 Å². The van der Waals surface area contributed by atoms with Crippen molar-refractivity contribution in [2.45, 2.75) is 0 Å². The van der Waals surface area contributed by atoms with E-state index in [4.69, 9.17) is 0 Å². The Hall–Kier alpha value is -0.570. The number of hydrogen-bond donors (Lipinski definition) is 0. The molecule has 0 saturated heterocycles. The normalized spacial score (nSPS) is 9.11. The molecule has 0 spiro atoms. The van der Waals surface area contributed by atoms with E-state index in [0.717, 1.165) is 0 Å². The smallest absolute Gasteiger partial charge is 0.179 e.